The van der Waals surface area contributed by atoms with Crippen LogP contribution in [0.4, 0.5) is 0 Å². The molecule has 0 aliphatic carbocycles. The number of phenolic OH excluding ortho intramolecular Hbond substituents is 1. The van der Waals surface area contributed by atoms with Crippen LogP contribution in [0.15, 0.2) is 64.3 Å². The Morgan fingerprint density at radius 2 is 2.00 bits per heavy atom. The Bertz CT molecular complexity index is 808. The van der Waals surface area contributed by atoms with Crippen LogP contribution in [0, 0.1) is 0 Å². The molecule has 5 nitrogen and oxygen atoms in total. The van der Waals surface area contributed by atoms with Gasteiger partial charge in [0.1, 0.15) is 5.75 Å². The standard InChI is InChI=1S/C16H12N2O3/c19-15-12(8-7-11-4-1-2-5-13(11)15)10-17-18-16(20)14-6-3-9-21-14/h1-10,19H,(H,18,20)/b17-10+. The zero-order valence-electron chi connectivity index (χ0n) is 11.0. The van der Waals surface area contributed by atoms with E-state index < -0.39 is 5.91 Å². The van der Waals surface area contributed by atoms with Crippen molar-refractivity contribution < 1.29 is 14.3 Å². The largest absolute Gasteiger partial charge is 0.507 e. The summed E-state index contributed by atoms with van der Waals surface area (Å²) < 4.78 is 4.94. The first-order chi connectivity index (χ1) is 10.3. The highest BCUT2D eigenvalue weighted by Gasteiger charge is 2.07. The summed E-state index contributed by atoms with van der Waals surface area (Å²) in [6.45, 7) is 0. The van der Waals surface area contributed by atoms with Crippen LogP contribution >= 0.6 is 0 Å². The van der Waals surface area contributed by atoms with Crippen molar-refractivity contribution in [2.24, 2.45) is 5.10 Å². The van der Waals surface area contributed by atoms with Crippen LogP contribution in [-0.4, -0.2) is 17.2 Å². The average Bonchev–Trinajstić information content (AvgIpc) is 3.04. The lowest BCUT2D eigenvalue weighted by atomic mass is 10.1. The Labute approximate surface area is 120 Å². The van der Waals surface area contributed by atoms with E-state index in [0.717, 1.165) is 10.8 Å². The molecule has 0 unspecified atom stereocenters. The molecule has 1 heterocycles. The van der Waals surface area contributed by atoms with Gasteiger partial charge in [0, 0.05) is 10.9 Å². The van der Waals surface area contributed by atoms with Crippen LogP contribution in [-0.2, 0) is 0 Å². The molecule has 5 heteroatoms. The summed E-state index contributed by atoms with van der Waals surface area (Å²) in [4.78, 5) is 11.6. The van der Waals surface area contributed by atoms with Gasteiger partial charge in [-0.3, -0.25) is 4.79 Å². The fourth-order valence-electron chi connectivity index (χ4n) is 2.00. The van der Waals surface area contributed by atoms with Crippen molar-refractivity contribution in [1.82, 2.24) is 5.43 Å². The molecular weight excluding hydrogens is 268 g/mol. The molecule has 1 aromatic heterocycles. The topological polar surface area (TPSA) is 74.8 Å². The highest BCUT2D eigenvalue weighted by molar-refractivity contribution is 5.98. The number of nitrogens with zero attached hydrogens (tertiary/aromatic N) is 1. The molecule has 0 radical (unpaired) electrons. The number of rotatable bonds is 3. The van der Waals surface area contributed by atoms with Gasteiger partial charge in [-0.25, -0.2) is 5.43 Å². The lowest BCUT2D eigenvalue weighted by Gasteiger charge is -2.03. The van der Waals surface area contributed by atoms with E-state index in [9.17, 15) is 9.90 Å². The average molecular weight is 280 g/mol. The number of hydrogen-bond acceptors (Lipinski definition) is 4. The van der Waals surface area contributed by atoms with Gasteiger partial charge in [-0.15, -0.1) is 0 Å². The van der Waals surface area contributed by atoms with Crippen molar-refractivity contribution in [3.63, 3.8) is 0 Å². The van der Waals surface area contributed by atoms with Crippen LogP contribution < -0.4 is 5.43 Å². The highest BCUT2D eigenvalue weighted by Crippen LogP contribution is 2.27. The monoisotopic (exact) mass is 280 g/mol. The molecule has 2 N–H and O–H groups in total. The summed E-state index contributed by atoms with van der Waals surface area (Å²) in [7, 11) is 0. The Morgan fingerprint density at radius 3 is 2.81 bits per heavy atom. The zero-order valence-corrected chi connectivity index (χ0v) is 11.0. The summed E-state index contributed by atoms with van der Waals surface area (Å²) in [5.41, 5.74) is 2.86. The number of hydrazone groups is 1. The van der Waals surface area contributed by atoms with Crippen LogP contribution in [0.2, 0.25) is 0 Å². The van der Waals surface area contributed by atoms with E-state index in [1.807, 2.05) is 30.3 Å². The van der Waals surface area contributed by atoms with Crippen LogP contribution in [0.25, 0.3) is 10.8 Å². The molecule has 21 heavy (non-hydrogen) atoms. The second kappa shape index (κ2) is 5.50. The van der Waals surface area contributed by atoms with Crippen LogP contribution in [0.3, 0.4) is 0 Å². The van der Waals surface area contributed by atoms with Crippen molar-refractivity contribution in [3.8, 4) is 5.75 Å². The fraction of sp³-hybridized carbons (Fsp3) is 0. The van der Waals surface area contributed by atoms with Gasteiger partial charge in [0.25, 0.3) is 0 Å². The first-order valence-electron chi connectivity index (χ1n) is 6.33. The lowest BCUT2D eigenvalue weighted by Crippen LogP contribution is -2.16. The molecule has 0 saturated carbocycles. The first kappa shape index (κ1) is 12.9. The third kappa shape index (κ3) is 2.62. The molecule has 0 bridgehead atoms. The van der Waals surface area contributed by atoms with Gasteiger partial charge < -0.3 is 9.52 Å². The number of carbonyl (C=O) groups is 1. The number of furan rings is 1. The zero-order chi connectivity index (χ0) is 14.7. The lowest BCUT2D eigenvalue weighted by molar-refractivity contribution is 0.0927. The van der Waals surface area contributed by atoms with Gasteiger partial charge in [-0.2, -0.15) is 5.10 Å². The van der Waals surface area contributed by atoms with E-state index in [4.69, 9.17) is 4.42 Å². The predicted octanol–water partition coefficient (Wildman–Crippen LogP) is 2.90. The maximum absolute atomic E-state index is 11.6. The van der Waals surface area contributed by atoms with E-state index in [1.54, 1.807) is 18.2 Å². The number of fused-ring (bicyclic) bond motifs is 1. The minimum Gasteiger partial charge on any atom is -0.507 e. The van der Waals surface area contributed by atoms with Gasteiger partial charge in [0.15, 0.2) is 5.76 Å². The third-order valence-electron chi connectivity index (χ3n) is 3.05. The number of benzene rings is 2. The SMILES string of the molecule is O=C(N/N=C/c1ccc2ccccc2c1O)c1ccco1. The minimum atomic E-state index is -0.448. The Hall–Kier alpha value is -3.08. The van der Waals surface area contributed by atoms with Gasteiger partial charge in [0.2, 0.25) is 0 Å². The molecule has 0 saturated heterocycles. The van der Waals surface area contributed by atoms with Gasteiger partial charge in [-0.1, -0.05) is 30.3 Å². The van der Waals surface area contributed by atoms with E-state index in [1.165, 1.54) is 12.5 Å². The van der Waals surface area contributed by atoms with Crippen LogP contribution in [0.1, 0.15) is 16.1 Å². The van der Waals surface area contributed by atoms with Crippen molar-refractivity contribution in [1.29, 1.82) is 0 Å². The summed E-state index contributed by atoms with van der Waals surface area (Å²) in [5, 5.41) is 15.7. The van der Waals surface area contributed by atoms with Crippen molar-refractivity contribution in [2.45, 2.75) is 0 Å². The maximum Gasteiger partial charge on any atom is 0.307 e. The second-order valence-electron chi connectivity index (χ2n) is 4.40. The van der Waals surface area contributed by atoms with Gasteiger partial charge >= 0.3 is 5.91 Å². The smallest absolute Gasteiger partial charge is 0.307 e. The summed E-state index contributed by atoms with van der Waals surface area (Å²) in [6.07, 6.45) is 2.80. The molecular formula is C16H12N2O3. The van der Waals surface area contributed by atoms with E-state index in [2.05, 4.69) is 10.5 Å². The van der Waals surface area contributed by atoms with E-state index in [0.29, 0.717) is 5.56 Å². The molecule has 0 fully saturated rings. The number of amides is 1. The Kier molecular flexibility index (Phi) is 3.39. The number of phenols is 1. The summed E-state index contributed by atoms with van der Waals surface area (Å²) in [6, 6.07) is 14.3. The number of nitrogens with one attached hydrogen (secondary N) is 1. The maximum atomic E-state index is 11.6. The van der Waals surface area contributed by atoms with Crippen molar-refractivity contribution >= 4 is 22.9 Å². The third-order valence-corrected chi connectivity index (χ3v) is 3.05. The normalized spacial score (nSPS) is 11.0. The van der Waals surface area contributed by atoms with Crippen LogP contribution in [0.5, 0.6) is 5.75 Å². The molecule has 3 aromatic rings. The molecule has 2 aromatic carbocycles. The fourth-order valence-corrected chi connectivity index (χ4v) is 2.00. The molecule has 0 atom stereocenters. The summed E-state index contributed by atoms with van der Waals surface area (Å²) in [5.74, 6) is -0.143. The van der Waals surface area contributed by atoms with E-state index >= 15 is 0 Å². The molecule has 0 aliphatic heterocycles. The Balaban J connectivity index is 1.80. The quantitative estimate of drug-likeness (QED) is 0.572. The Morgan fingerprint density at radius 1 is 1.14 bits per heavy atom. The molecule has 0 spiro atoms. The number of hydrogen-bond donors (Lipinski definition) is 2. The number of carbonyl (C=O) groups excluding carboxylic acids is 1. The molecule has 0 aliphatic rings. The molecule has 104 valence electrons. The first-order valence-corrected chi connectivity index (χ1v) is 6.33. The second-order valence-corrected chi connectivity index (χ2v) is 4.40. The van der Waals surface area contributed by atoms with E-state index in [-0.39, 0.29) is 11.5 Å². The van der Waals surface area contributed by atoms with Crippen molar-refractivity contribution in [2.75, 3.05) is 0 Å². The molecule has 3 rings (SSSR count). The van der Waals surface area contributed by atoms with Crippen molar-refractivity contribution in [3.05, 3.63) is 66.1 Å². The molecule has 1 amide bonds. The minimum absolute atomic E-state index is 0.129. The van der Waals surface area contributed by atoms with Gasteiger partial charge in [0.05, 0.1) is 12.5 Å². The predicted molar refractivity (Wildman–Crippen MR) is 79.4 cm³/mol. The number of aromatic hydroxyl groups is 1. The highest BCUT2D eigenvalue weighted by atomic mass is 16.3. The van der Waals surface area contributed by atoms with Gasteiger partial charge in [-0.05, 0) is 23.6 Å². The summed E-state index contributed by atoms with van der Waals surface area (Å²) >= 11 is 0.